The molecule has 4 heterocycles. The molecule has 41 heavy (non-hydrogen) atoms. The molecule has 0 amide bonds. The zero-order chi connectivity index (χ0) is 26.2. The van der Waals surface area contributed by atoms with Crippen LogP contribution in [0.1, 0.15) is 0 Å². The molecule has 0 fully saturated rings. The van der Waals surface area contributed by atoms with Gasteiger partial charge in [0.2, 0.25) is 0 Å². The Morgan fingerprint density at radius 1 is 0.390 bits per heavy atom. The molecule has 8 heteroatoms. The Hall–Kier alpha value is -5.20. The van der Waals surface area contributed by atoms with E-state index in [1.54, 1.807) is 0 Å². The molecule has 7 nitrogen and oxygen atoms in total. The summed E-state index contributed by atoms with van der Waals surface area (Å²) in [6, 6.07) is 35.5. The third kappa shape index (κ3) is 3.54. The molecule has 0 N–H and O–H groups in total. The fraction of sp³-hybridized carbons (Fsp3) is 0. The Morgan fingerprint density at radius 3 is 1.15 bits per heavy atom. The van der Waals surface area contributed by atoms with Crippen LogP contribution in [0.5, 0.6) is 0 Å². The van der Waals surface area contributed by atoms with Gasteiger partial charge in [-0.25, -0.2) is 4.98 Å². The van der Waals surface area contributed by atoms with Gasteiger partial charge in [0.1, 0.15) is 0 Å². The standard InChI is InChI=1S/C33H16N7.Ni/c1-2-10-19-18(9-1)26-17-27(19)35-29-21-12-4-6-14-23(21)31(37-29)39-33-25-16-8-7-15-24(25)32(40-33)38-30-22-13-5-3-11-20(22)28(34-26)36-30;/h1-16H;/q-3;+3. The number of aromatic nitrogens is 7. The number of nitrogens with zero attached hydrogens (tertiary/aromatic N) is 7. The number of fused-ring (bicyclic) bond motifs is 20. The van der Waals surface area contributed by atoms with Gasteiger partial charge in [-0.05, 0) is 21.5 Å². The third-order valence-corrected chi connectivity index (χ3v) is 7.40. The van der Waals surface area contributed by atoms with E-state index in [9.17, 15) is 0 Å². The van der Waals surface area contributed by atoms with Crippen molar-refractivity contribution in [3.8, 4) is 45.3 Å². The summed E-state index contributed by atoms with van der Waals surface area (Å²) >= 11 is 0. The van der Waals surface area contributed by atoms with E-state index in [2.05, 4.69) is 6.07 Å². The molecule has 9 rings (SSSR count). The molecule has 1 aliphatic carbocycles. The normalized spacial score (nSPS) is 11.7. The van der Waals surface area contributed by atoms with Crippen molar-refractivity contribution < 1.29 is 16.5 Å². The number of benzene rings is 4. The largest absolute Gasteiger partial charge is 3.00 e. The molecule has 2 aliphatic rings. The van der Waals surface area contributed by atoms with Gasteiger partial charge >= 0.3 is 16.5 Å². The van der Waals surface area contributed by atoms with Gasteiger partial charge in [-0.2, -0.15) is 17.2 Å². The van der Waals surface area contributed by atoms with Crippen molar-refractivity contribution in [1.29, 1.82) is 0 Å². The second-order valence-corrected chi connectivity index (χ2v) is 9.73. The Balaban J connectivity index is 0.00000256. The topological polar surface area (TPSA) is 92.6 Å². The minimum absolute atomic E-state index is 0. The molecular weight excluding hydrogens is 553 g/mol. The minimum Gasteiger partial charge on any atom is -0.388 e. The molecule has 193 valence electrons. The smallest absolute Gasteiger partial charge is 0.388 e. The summed E-state index contributed by atoms with van der Waals surface area (Å²) in [5.41, 5.74) is 7.35. The molecule has 0 saturated carbocycles. The van der Waals surface area contributed by atoms with E-state index < -0.39 is 0 Å². The SMILES string of the molecule is [Ni+3].[c-]1c2nc3[n-]c(nc4nc(nc5[n-]c(nc1-c1ccccc1-2)c1ccccc51)-c1ccccc1-4)c1ccccc31. The van der Waals surface area contributed by atoms with Crippen molar-refractivity contribution in [3.05, 3.63) is 103 Å². The van der Waals surface area contributed by atoms with Crippen molar-refractivity contribution in [2.24, 2.45) is 0 Å². The van der Waals surface area contributed by atoms with Crippen LogP contribution in [0, 0.1) is 6.07 Å². The van der Waals surface area contributed by atoms with Crippen LogP contribution in [-0.4, -0.2) is 24.9 Å². The van der Waals surface area contributed by atoms with E-state index in [0.29, 0.717) is 45.6 Å². The fourth-order valence-electron chi connectivity index (χ4n) is 5.52. The second-order valence-electron chi connectivity index (χ2n) is 9.73. The molecule has 3 aromatic heterocycles. The maximum Gasteiger partial charge on any atom is 3.00 e. The minimum atomic E-state index is 0. The zero-order valence-electron chi connectivity index (χ0n) is 21.2. The Bertz CT molecular complexity index is 2030. The second kappa shape index (κ2) is 8.91. The summed E-state index contributed by atoms with van der Waals surface area (Å²) in [5.74, 6) is 1.12. The van der Waals surface area contributed by atoms with Crippen molar-refractivity contribution in [2.75, 3.05) is 0 Å². The van der Waals surface area contributed by atoms with Gasteiger partial charge in [0, 0.05) is 33.7 Å². The van der Waals surface area contributed by atoms with Crippen LogP contribution in [0.15, 0.2) is 97.1 Å². The van der Waals surface area contributed by atoms with Crippen molar-refractivity contribution in [3.63, 3.8) is 0 Å². The van der Waals surface area contributed by atoms with Gasteiger partial charge in [0.15, 0.2) is 0 Å². The Kier molecular flexibility index (Phi) is 5.14. The van der Waals surface area contributed by atoms with E-state index in [1.165, 1.54) is 0 Å². The number of hydrogen-bond donors (Lipinski definition) is 0. The molecule has 8 bridgehead atoms. The van der Waals surface area contributed by atoms with E-state index >= 15 is 0 Å². The average molecular weight is 569 g/mol. The van der Waals surface area contributed by atoms with E-state index in [0.717, 1.165) is 43.8 Å². The molecular formula is C33H16N7Ni. The van der Waals surface area contributed by atoms with Crippen LogP contribution in [0.2, 0.25) is 0 Å². The summed E-state index contributed by atoms with van der Waals surface area (Å²) in [6.45, 7) is 0. The summed E-state index contributed by atoms with van der Waals surface area (Å²) in [4.78, 5) is 34.6. The fourth-order valence-corrected chi connectivity index (χ4v) is 5.52. The molecule has 1 radical (unpaired) electrons. The van der Waals surface area contributed by atoms with Crippen molar-refractivity contribution in [1.82, 2.24) is 34.9 Å². The van der Waals surface area contributed by atoms with Gasteiger partial charge in [0.05, 0.1) is 11.6 Å². The third-order valence-electron chi connectivity index (χ3n) is 7.40. The summed E-state index contributed by atoms with van der Waals surface area (Å²) in [6.07, 6.45) is 0. The first-order chi connectivity index (χ1) is 19.8. The maximum atomic E-state index is 5.00. The molecule has 7 aromatic rings. The summed E-state index contributed by atoms with van der Waals surface area (Å²) < 4.78 is 0. The van der Waals surface area contributed by atoms with Crippen molar-refractivity contribution in [2.45, 2.75) is 0 Å². The van der Waals surface area contributed by atoms with Crippen LogP contribution < -0.4 is 9.97 Å². The first-order valence-corrected chi connectivity index (χ1v) is 12.9. The first kappa shape index (κ1) is 23.7. The predicted octanol–water partition coefficient (Wildman–Crippen LogP) is 6.53. The number of hydrogen-bond acceptors (Lipinski definition) is 5. The van der Waals surface area contributed by atoms with Crippen LogP contribution in [0.4, 0.5) is 0 Å². The zero-order valence-corrected chi connectivity index (χ0v) is 22.2. The Labute approximate surface area is 243 Å². The molecule has 0 unspecified atom stereocenters. The predicted molar refractivity (Wildman–Crippen MR) is 155 cm³/mol. The van der Waals surface area contributed by atoms with Crippen LogP contribution in [0.25, 0.3) is 89.4 Å². The van der Waals surface area contributed by atoms with Crippen LogP contribution in [0.3, 0.4) is 0 Å². The van der Waals surface area contributed by atoms with Gasteiger partial charge in [-0.1, -0.05) is 84.9 Å². The number of rotatable bonds is 0. The average Bonchev–Trinajstić information content (AvgIpc) is 3.73. The monoisotopic (exact) mass is 568 g/mol. The van der Waals surface area contributed by atoms with E-state index in [1.807, 2.05) is 97.1 Å². The van der Waals surface area contributed by atoms with E-state index in [-0.39, 0.29) is 16.5 Å². The Morgan fingerprint density at radius 2 is 0.732 bits per heavy atom. The van der Waals surface area contributed by atoms with Gasteiger partial charge < -0.3 is 29.9 Å². The first-order valence-electron chi connectivity index (χ1n) is 12.9. The van der Waals surface area contributed by atoms with Crippen molar-refractivity contribution >= 4 is 44.1 Å². The molecule has 0 atom stereocenters. The van der Waals surface area contributed by atoms with Crippen LogP contribution >= 0.6 is 0 Å². The molecule has 0 saturated heterocycles. The quantitative estimate of drug-likeness (QED) is 0.152. The summed E-state index contributed by atoms with van der Waals surface area (Å²) in [5, 5.41) is 3.64. The van der Waals surface area contributed by atoms with E-state index in [4.69, 9.17) is 34.9 Å². The van der Waals surface area contributed by atoms with Gasteiger partial charge in [-0.3, -0.25) is 0 Å². The maximum absolute atomic E-state index is 5.00. The summed E-state index contributed by atoms with van der Waals surface area (Å²) in [7, 11) is 0. The van der Waals surface area contributed by atoms with Gasteiger partial charge in [0.25, 0.3) is 0 Å². The van der Waals surface area contributed by atoms with Crippen LogP contribution in [-0.2, 0) is 16.5 Å². The molecule has 4 aromatic carbocycles. The molecule has 1 aliphatic heterocycles. The van der Waals surface area contributed by atoms with Gasteiger partial charge in [-0.15, -0.1) is 23.5 Å². The molecule has 0 spiro atoms.